The maximum Gasteiger partial charge on any atom is 0.161 e. The van der Waals surface area contributed by atoms with E-state index in [1.165, 1.54) is 18.4 Å². The Balaban J connectivity index is 1.75. The lowest BCUT2D eigenvalue weighted by Gasteiger charge is -2.19. The number of unbranched alkanes of at least 4 members (excludes halogenated alkanes) is 1. The summed E-state index contributed by atoms with van der Waals surface area (Å²) in [6.07, 6.45) is 9.67. The lowest BCUT2D eigenvalue weighted by atomic mass is 9.97. The average molecular weight is 316 g/mol. The molecule has 0 N–H and O–H groups in total. The largest absolute Gasteiger partial charge is 0.490 e. The van der Waals surface area contributed by atoms with Crippen LogP contribution in [0.3, 0.4) is 0 Å². The molecule has 3 rings (SSSR count). The first kappa shape index (κ1) is 16.4. The summed E-state index contributed by atoms with van der Waals surface area (Å²) < 4.78 is 12.2. The molecular formula is C20H28O3. The molecule has 126 valence electrons. The minimum absolute atomic E-state index is 0.323. The van der Waals surface area contributed by atoms with Gasteiger partial charge < -0.3 is 9.47 Å². The van der Waals surface area contributed by atoms with Gasteiger partial charge in [-0.15, -0.1) is 0 Å². The maximum atomic E-state index is 11.6. The highest BCUT2D eigenvalue weighted by molar-refractivity contribution is 5.81. The van der Waals surface area contributed by atoms with Crippen molar-refractivity contribution in [2.75, 3.05) is 6.61 Å². The highest BCUT2D eigenvalue weighted by Gasteiger charge is 2.25. The fourth-order valence-corrected chi connectivity index (χ4v) is 3.60. The summed E-state index contributed by atoms with van der Waals surface area (Å²) in [4.78, 5) is 11.6. The van der Waals surface area contributed by atoms with Crippen molar-refractivity contribution in [3.05, 3.63) is 23.8 Å². The SMILES string of the molecule is CCCCOc1ccc([C@@H]2CCC(=O)C2)cc1OC1CCCC1. The number of hydrogen-bond donors (Lipinski definition) is 0. The number of hydrogen-bond acceptors (Lipinski definition) is 3. The summed E-state index contributed by atoms with van der Waals surface area (Å²) in [5.74, 6) is 2.48. The second-order valence-corrected chi connectivity index (χ2v) is 6.91. The van der Waals surface area contributed by atoms with E-state index in [1.807, 2.05) is 6.07 Å². The van der Waals surface area contributed by atoms with Crippen molar-refractivity contribution < 1.29 is 14.3 Å². The normalized spacial score (nSPS) is 21.8. The van der Waals surface area contributed by atoms with E-state index in [1.54, 1.807) is 0 Å². The molecule has 1 aromatic rings. The third kappa shape index (κ3) is 4.27. The van der Waals surface area contributed by atoms with Gasteiger partial charge in [-0.2, -0.15) is 0 Å². The number of benzene rings is 1. The number of ether oxygens (including phenoxy) is 2. The third-order valence-electron chi connectivity index (χ3n) is 5.04. The van der Waals surface area contributed by atoms with Crippen LogP contribution in [-0.2, 0) is 4.79 Å². The Bertz CT molecular complexity index is 532. The second-order valence-electron chi connectivity index (χ2n) is 6.91. The van der Waals surface area contributed by atoms with Gasteiger partial charge in [0.15, 0.2) is 11.5 Å². The van der Waals surface area contributed by atoms with E-state index in [0.717, 1.165) is 56.6 Å². The molecule has 0 unspecified atom stereocenters. The van der Waals surface area contributed by atoms with Gasteiger partial charge in [-0.1, -0.05) is 19.4 Å². The van der Waals surface area contributed by atoms with Crippen molar-refractivity contribution >= 4 is 5.78 Å². The van der Waals surface area contributed by atoms with E-state index < -0.39 is 0 Å². The Morgan fingerprint density at radius 3 is 2.65 bits per heavy atom. The fraction of sp³-hybridized carbons (Fsp3) is 0.650. The third-order valence-corrected chi connectivity index (χ3v) is 5.04. The maximum absolute atomic E-state index is 11.6. The zero-order chi connectivity index (χ0) is 16.1. The first-order chi connectivity index (χ1) is 11.3. The van der Waals surface area contributed by atoms with E-state index in [2.05, 4.69) is 19.1 Å². The van der Waals surface area contributed by atoms with Crippen LogP contribution in [0.2, 0.25) is 0 Å². The van der Waals surface area contributed by atoms with Gasteiger partial charge in [-0.25, -0.2) is 0 Å². The predicted octanol–water partition coefficient (Wildman–Crippen LogP) is 5.02. The smallest absolute Gasteiger partial charge is 0.161 e. The average Bonchev–Trinajstić information content (AvgIpc) is 3.20. The number of rotatable bonds is 7. The molecule has 0 amide bonds. The molecule has 23 heavy (non-hydrogen) atoms. The summed E-state index contributed by atoms with van der Waals surface area (Å²) >= 11 is 0. The molecule has 1 atom stereocenters. The molecule has 0 aliphatic heterocycles. The minimum Gasteiger partial charge on any atom is -0.490 e. The predicted molar refractivity (Wildman–Crippen MR) is 91.3 cm³/mol. The molecule has 3 nitrogen and oxygen atoms in total. The lowest BCUT2D eigenvalue weighted by molar-refractivity contribution is -0.117. The van der Waals surface area contributed by atoms with Gasteiger partial charge in [0.2, 0.25) is 0 Å². The van der Waals surface area contributed by atoms with Crippen LogP contribution in [-0.4, -0.2) is 18.5 Å². The van der Waals surface area contributed by atoms with Crippen LogP contribution in [0.1, 0.15) is 76.2 Å². The van der Waals surface area contributed by atoms with E-state index in [9.17, 15) is 4.79 Å². The summed E-state index contributed by atoms with van der Waals surface area (Å²) in [6, 6.07) is 6.28. The van der Waals surface area contributed by atoms with Crippen molar-refractivity contribution in [3.63, 3.8) is 0 Å². The molecule has 2 aliphatic carbocycles. The van der Waals surface area contributed by atoms with Crippen LogP contribution < -0.4 is 9.47 Å². The van der Waals surface area contributed by atoms with E-state index >= 15 is 0 Å². The van der Waals surface area contributed by atoms with Crippen LogP contribution >= 0.6 is 0 Å². The Kier molecular flexibility index (Phi) is 5.58. The van der Waals surface area contributed by atoms with Crippen LogP contribution in [0.25, 0.3) is 0 Å². The molecule has 2 saturated carbocycles. The van der Waals surface area contributed by atoms with Crippen molar-refractivity contribution in [2.24, 2.45) is 0 Å². The van der Waals surface area contributed by atoms with Crippen molar-refractivity contribution in [2.45, 2.75) is 76.7 Å². The molecule has 0 radical (unpaired) electrons. The first-order valence-electron chi connectivity index (χ1n) is 9.21. The quantitative estimate of drug-likeness (QED) is 0.662. The van der Waals surface area contributed by atoms with Gasteiger partial charge in [0, 0.05) is 12.8 Å². The monoisotopic (exact) mass is 316 g/mol. The van der Waals surface area contributed by atoms with Crippen molar-refractivity contribution in [3.8, 4) is 11.5 Å². The highest BCUT2D eigenvalue weighted by Crippen LogP contribution is 2.38. The summed E-state index contributed by atoms with van der Waals surface area (Å²) in [5.41, 5.74) is 1.23. The standard InChI is InChI=1S/C20H28O3/c1-2-3-12-22-19-11-9-16(15-8-10-17(21)13-15)14-20(19)23-18-6-4-5-7-18/h9,11,14-15,18H,2-8,10,12-13H2,1H3/t15-/m1/s1. The summed E-state index contributed by atoms with van der Waals surface area (Å²) in [6.45, 7) is 2.90. The molecule has 0 aromatic heterocycles. The summed E-state index contributed by atoms with van der Waals surface area (Å²) in [5, 5.41) is 0. The van der Waals surface area contributed by atoms with Gasteiger partial charge >= 0.3 is 0 Å². The van der Waals surface area contributed by atoms with Crippen molar-refractivity contribution in [1.82, 2.24) is 0 Å². The molecule has 2 fully saturated rings. The zero-order valence-electron chi connectivity index (χ0n) is 14.2. The van der Waals surface area contributed by atoms with Gasteiger partial charge in [0.05, 0.1) is 12.7 Å². The number of carbonyl (C=O) groups excluding carboxylic acids is 1. The minimum atomic E-state index is 0.323. The topological polar surface area (TPSA) is 35.5 Å². The Hall–Kier alpha value is -1.51. The fourth-order valence-electron chi connectivity index (χ4n) is 3.60. The molecule has 0 bridgehead atoms. The number of Topliss-reactive ketones (excluding diaryl/α,β-unsaturated/α-hetero) is 1. The van der Waals surface area contributed by atoms with Gasteiger partial charge in [-0.3, -0.25) is 4.79 Å². The Labute approximate surface area is 139 Å². The lowest BCUT2D eigenvalue weighted by Crippen LogP contribution is -2.12. The van der Waals surface area contributed by atoms with Crippen LogP contribution in [0.5, 0.6) is 11.5 Å². The van der Waals surface area contributed by atoms with Crippen LogP contribution in [0.15, 0.2) is 18.2 Å². The zero-order valence-corrected chi connectivity index (χ0v) is 14.2. The van der Waals surface area contributed by atoms with E-state index in [4.69, 9.17) is 9.47 Å². The number of ketones is 1. The Morgan fingerprint density at radius 2 is 1.96 bits per heavy atom. The van der Waals surface area contributed by atoms with Crippen LogP contribution in [0.4, 0.5) is 0 Å². The van der Waals surface area contributed by atoms with Crippen LogP contribution in [0, 0.1) is 0 Å². The molecule has 0 saturated heterocycles. The van der Waals surface area contributed by atoms with Gasteiger partial charge in [-0.05, 0) is 62.1 Å². The molecule has 0 spiro atoms. The molecule has 1 aromatic carbocycles. The van der Waals surface area contributed by atoms with Crippen molar-refractivity contribution in [1.29, 1.82) is 0 Å². The molecule has 3 heteroatoms. The van der Waals surface area contributed by atoms with Gasteiger partial charge in [0.1, 0.15) is 5.78 Å². The molecule has 2 aliphatic rings. The summed E-state index contributed by atoms with van der Waals surface area (Å²) in [7, 11) is 0. The van der Waals surface area contributed by atoms with Gasteiger partial charge in [0.25, 0.3) is 0 Å². The first-order valence-corrected chi connectivity index (χ1v) is 9.21. The molecule has 0 heterocycles. The van der Waals surface area contributed by atoms with E-state index in [0.29, 0.717) is 24.2 Å². The highest BCUT2D eigenvalue weighted by atomic mass is 16.5. The second kappa shape index (κ2) is 7.85. The Morgan fingerprint density at radius 1 is 1.13 bits per heavy atom. The molecular weight excluding hydrogens is 288 g/mol. The number of carbonyl (C=O) groups is 1. The van der Waals surface area contributed by atoms with E-state index in [-0.39, 0.29) is 0 Å².